The predicted molar refractivity (Wildman–Crippen MR) is 80.4 cm³/mol. The first-order valence-electron chi connectivity index (χ1n) is 8.35. The number of hydrogen-bond donors (Lipinski definition) is 1. The third-order valence-corrected chi connectivity index (χ3v) is 5.46. The maximum atomic E-state index is 3.76. The second-order valence-electron chi connectivity index (χ2n) is 7.40. The smallest absolute Gasteiger partial charge is 0.0224 e. The zero-order valence-corrected chi connectivity index (χ0v) is 12.9. The van der Waals surface area contributed by atoms with E-state index in [-0.39, 0.29) is 0 Å². The minimum atomic E-state index is 0.725. The normalized spacial score (nSPS) is 38.2. The van der Waals surface area contributed by atoms with E-state index < -0.39 is 0 Å². The van der Waals surface area contributed by atoms with Crippen molar-refractivity contribution in [3.8, 4) is 0 Å². The van der Waals surface area contributed by atoms with E-state index in [9.17, 15) is 0 Å². The summed E-state index contributed by atoms with van der Waals surface area (Å²) in [5, 5.41) is 3.76. The third kappa shape index (κ3) is 3.32. The van der Waals surface area contributed by atoms with E-state index >= 15 is 0 Å². The van der Waals surface area contributed by atoms with Gasteiger partial charge in [-0.2, -0.15) is 0 Å². The average Bonchev–Trinajstić information content (AvgIpc) is 3.12. The molecule has 3 heteroatoms. The van der Waals surface area contributed by atoms with Gasteiger partial charge >= 0.3 is 0 Å². The first kappa shape index (κ1) is 13.8. The van der Waals surface area contributed by atoms with Crippen LogP contribution in [0.1, 0.15) is 40.0 Å². The number of rotatable bonds is 4. The van der Waals surface area contributed by atoms with E-state index in [1.165, 1.54) is 52.0 Å². The Morgan fingerprint density at radius 2 is 1.95 bits per heavy atom. The lowest BCUT2D eigenvalue weighted by atomic mass is 10.0. The van der Waals surface area contributed by atoms with Crippen molar-refractivity contribution in [2.24, 2.45) is 11.8 Å². The van der Waals surface area contributed by atoms with Crippen molar-refractivity contribution in [1.29, 1.82) is 0 Å². The Morgan fingerprint density at radius 1 is 1.16 bits per heavy atom. The molecule has 2 aliphatic heterocycles. The summed E-state index contributed by atoms with van der Waals surface area (Å²) in [4.78, 5) is 5.42. The highest BCUT2D eigenvalue weighted by atomic mass is 15.2. The predicted octanol–water partition coefficient (Wildman–Crippen LogP) is 1.79. The summed E-state index contributed by atoms with van der Waals surface area (Å²) in [5.74, 6) is 1.90. The van der Waals surface area contributed by atoms with Crippen LogP contribution in [0.2, 0.25) is 0 Å². The van der Waals surface area contributed by atoms with Crippen LogP contribution in [0.3, 0.4) is 0 Å². The second-order valence-corrected chi connectivity index (χ2v) is 7.40. The zero-order chi connectivity index (χ0) is 13.4. The monoisotopic (exact) mass is 265 g/mol. The Bertz CT molecular complexity index is 300. The van der Waals surface area contributed by atoms with Crippen LogP contribution in [0.4, 0.5) is 0 Å². The molecule has 0 spiro atoms. The van der Waals surface area contributed by atoms with Crippen LogP contribution in [-0.2, 0) is 0 Å². The summed E-state index contributed by atoms with van der Waals surface area (Å²) in [6.07, 6.45) is 4.33. The fourth-order valence-corrected chi connectivity index (χ4v) is 3.83. The van der Waals surface area contributed by atoms with Crippen molar-refractivity contribution >= 4 is 0 Å². The number of piperazine rings is 1. The van der Waals surface area contributed by atoms with Gasteiger partial charge in [0.15, 0.2) is 0 Å². The number of nitrogens with zero attached hydrogens (tertiary/aromatic N) is 2. The summed E-state index contributed by atoms with van der Waals surface area (Å²) in [5.41, 5.74) is 0. The Labute approximate surface area is 118 Å². The maximum absolute atomic E-state index is 3.76. The van der Waals surface area contributed by atoms with Crippen LogP contribution in [-0.4, -0.2) is 60.6 Å². The summed E-state index contributed by atoms with van der Waals surface area (Å²) in [7, 11) is 0. The molecule has 2 heterocycles. The van der Waals surface area contributed by atoms with Crippen molar-refractivity contribution in [3.05, 3.63) is 0 Å². The van der Waals surface area contributed by atoms with Gasteiger partial charge in [-0.1, -0.05) is 0 Å². The lowest BCUT2D eigenvalue weighted by Gasteiger charge is -2.40. The Balaban J connectivity index is 1.50. The average molecular weight is 265 g/mol. The Morgan fingerprint density at radius 3 is 2.58 bits per heavy atom. The molecule has 0 aromatic heterocycles. The molecule has 3 nitrogen and oxygen atoms in total. The highest BCUT2D eigenvalue weighted by Crippen LogP contribution is 2.34. The summed E-state index contributed by atoms with van der Waals surface area (Å²) < 4.78 is 0. The van der Waals surface area contributed by atoms with Crippen molar-refractivity contribution in [2.75, 3.05) is 32.7 Å². The topological polar surface area (TPSA) is 18.5 Å². The Hall–Kier alpha value is -0.120. The molecule has 3 aliphatic rings. The minimum Gasteiger partial charge on any atom is -0.311 e. The molecule has 3 unspecified atom stereocenters. The second kappa shape index (κ2) is 5.71. The molecule has 0 aromatic carbocycles. The van der Waals surface area contributed by atoms with Gasteiger partial charge in [-0.3, -0.25) is 4.90 Å². The molecule has 0 radical (unpaired) electrons. The van der Waals surface area contributed by atoms with E-state index in [4.69, 9.17) is 0 Å². The van der Waals surface area contributed by atoms with Crippen LogP contribution in [0, 0.1) is 11.8 Å². The first-order valence-corrected chi connectivity index (χ1v) is 8.35. The standard InChI is InChI=1S/C16H31N3/c1-12(2)18-7-6-14(9-18)10-19-11-16(15-4-5-15)17-8-13(19)3/h12-17H,4-11H2,1-3H3. The molecule has 3 fully saturated rings. The lowest BCUT2D eigenvalue weighted by molar-refractivity contribution is 0.112. The highest BCUT2D eigenvalue weighted by molar-refractivity contribution is 4.94. The van der Waals surface area contributed by atoms with E-state index in [1.807, 2.05) is 0 Å². The van der Waals surface area contributed by atoms with Gasteiger partial charge in [0.25, 0.3) is 0 Å². The molecular weight excluding hydrogens is 234 g/mol. The van der Waals surface area contributed by atoms with Gasteiger partial charge in [0.05, 0.1) is 0 Å². The highest BCUT2D eigenvalue weighted by Gasteiger charge is 2.37. The molecule has 110 valence electrons. The van der Waals surface area contributed by atoms with E-state index in [0.717, 1.165) is 30.0 Å². The molecule has 0 bridgehead atoms. The van der Waals surface area contributed by atoms with Crippen LogP contribution in [0.25, 0.3) is 0 Å². The van der Waals surface area contributed by atoms with E-state index in [1.54, 1.807) is 0 Å². The molecule has 19 heavy (non-hydrogen) atoms. The number of nitrogens with one attached hydrogen (secondary N) is 1. The van der Waals surface area contributed by atoms with Gasteiger partial charge in [-0.05, 0) is 58.4 Å². The van der Waals surface area contributed by atoms with Gasteiger partial charge in [0.1, 0.15) is 0 Å². The van der Waals surface area contributed by atoms with Crippen molar-refractivity contribution in [2.45, 2.75) is 58.2 Å². The third-order valence-electron chi connectivity index (χ3n) is 5.46. The van der Waals surface area contributed by atoms with Crippen molar-refractivity contribution < 1.29 is 0 Å². The fourth-order valence-electron chi connectivity index (χ4n) is 3.83. The van der Waals surface area contributed by atoms with E-state index in [0.29, 0.717) is 0 Å². The van der Waals surface area contributed by atoms with Crippen LogP contribution in [0.15, 0.2) is 0 Å². The van der Waals surface area contributed by atoms with E-state index in [2.05, 4.69) is 35.9 Å². The van der Waals surface area contributed by atoms with Crippen LogP contribution < -0.4 is 5.32 Å². The summed E-state index contributed by atoms with van der Waals surface area (Å²) in [6.45, 7) is 13.5. The summed E-state index contributed by atoms with van der Waals surface area (Å²) >= 11 is 0. The first-order chi connectivity index (χ1) is 9.13. The van der Waals surface area contributed by atoms with Gasteiger partial charge < -0.3 is 10.2 Å². The minimum absolute atomic E-state index is 0.725. The molecule has 1 N–H and O–H groups in total. The molecular formula is C16H31N3. The van der Waals surface area contributed by atoms with Crippen molar-refractivity contribution in [1.82, 2.24) is 15.1 Å². The van der Waals surface area contributed by atoms with Crippen LogP contribution in [0.5, 0.6) is 0 Å². The number of likely N-dealkylation sites (tertiary alicyclic amines) is 1. The van der Waals surface area contributed by atoms with Gasteiger partial charge in [-0.15, -0.1) is 0 Å². The SMILES string of the molecule is CC(C)N1CCC(CN2CC(C3CC3)NCC2C)C1. The molecule has 3 atom stereocenters. The molecule has 3 rings (SSSR count). The maximum Gasteiger partial charge on any atom is 0.0224 e. The van der Waals surface area contributed by atoms with Gasteiger partial charge in [0.2, 0.25) is 0 Å². The fraction of sp³-hybridized carbons (Fsp3) is 1.00. The molecule has 2 saturated heterocycles. The molecule has 0 aromatic rings. The van der Waals surface area contributed by atoms with Gasteiger partial charge in [-0.25, -0.2) is 0 Å². The van der Waals surface area contributed by atoms with Gasteiger partial charge in [0, 0.05) is 44.3 Å². The lowest BCUT2D eigenvalue weighted by Crippen LogP contribution is -2.57. The zero-order valence-electron chi connectivity index (χ0n) is 12.9. The largest absolute Gasteiger partial charge is 0.311 e. The molecule has 1 aliphatic carbocycles. The number of hydrogen-bond acceptors (Lipinski definition) is 3. The molecule has 0 amide bonds. The summed E-state index contributed by atoms with van der Waals surface area (Å²) in [6, 6.07) is 2.24. The molecule has 1 saturated carbocycles. The van der Waals surface area contributed by atoms with Crippen molar-refractivity contribution in [3.63, 3.8) is 0 Å². The quantitative estimate of drug-likeness (QED) is 0.836. The Kier molecular flexibility index (Phi) is 4.16. The van der Waals surface area contributed by atoms with Crippen LogP contribution >= 0.6 is 0 Å².